The van der Waals surface area contributed by atoms with E-state index in [1.165, 1.54) is 11.9 Å². The van der Waals surface area contributed by atoms with Crippen LogP contribution in [0.4, 0.5) is 0 Å². The van der Waals surface area contributed by atoms with Crippen LogP contribution in [0.15, 0.2) is 36.7 Å². The molecule has 1 heterocycles. The van der Waals surface area contributed by atoms with Gasteiger partial charge in [-0.1, -0.05) is 44.2 Å². The lowest BCUT2D eigenvalue weighted by Gasteiger charge is -2.40. The Balaban J connectivity index is 1.70. The molecule has 0 aliphatic heterocycles. The maximum absolute atomic E-state index is 12.7. The molecule has 2 N–H and O–H groups in total. The maximum atomic E-state index is 12.7. The van der Waals surface area contributed by atoms with Crippen LogP contribution in [0.5, 0.6) is 0 Å². The van der Waals surface area contributed by atoms with E-state index in [-0.39, 0.29) is 17.4 Å². The van der Waals surface area contributed by atoms with Crippen LogP contribution in [0.1, 0.15) is 56.8 Å². The highest BCUT2D eigenvalue weighted by Crippen LogP contribution is 2.39. The van der Waals surface area contributed by atoms with Crippen LogP contribution in [-0.2, 0) is 10.3 Å². The van der Waals surface area contributed by atoms with E-state index in [1.54, 1.807) is 0 Å². The van der Waals surface area contributed by atoms with E-state index in [2.05, 4.69) is 46.5 Å². The van der Waals surface area contributed by atoms with E-state index in [0.29, 0.717) is 12.3 Å². The molecule has 2 aromatic rings. The van der Waals surface area contributed by atoms with Crippen LogP contribution < -0.4 is 5.32 Å². The number of aromatic amines is 1. The largest absolute Gasteiger partial charge is 0.343 e. The summed E-state index contributed by atoms with van der Waals surface area (Å²) >= 11 is 0. The number of H-pyrrole nitrogens is 1. The fourth-order valence-electron chi connectivity index (χ4n) is 3.34. The standard InChI is InChI=1S/C18H24N4O/c1-13(2)15(14-7-4-3-5-8-14)11-16(23)21-18(9-6-10-18)17-19-12-20-22-17/h3-5,7-8,12-13,15H,6,9-11H2,1-2H3,(H,21,23)(H,19,20,22)/t15-/m0/s1. The molecule has 23 heavy (non-hydrogen) atoms. The van der Waals surface area contributed by atoms with Gasteiger partial charge in [0.25, 0.3) is 0 Å². The minimum absolute atomic E-state index is 0.0867. The van der Waals surface area contributed by atoms with Crippen molar-refractivity contribution in [2.45, 2.75) is 51.0 Å². The minimum atomic E-state index is -0.341. The van der Waals surface area contributed by atoms with E-state index >= 15 is 0 Å². The van der Waals surface area contributed by atoms with E-state index in [1.807, 2.05) is 18.2 Å². The SMILES string of the molecule is CC(C)[C@H](CC(=O)NC1(c2ncn[nH]2)CCC1)c1ccccc1. The van der Waals surface area contributed by atoms with Gasteiger partial charge >= 0.3 is 0 Å². The zero-order chi connectivity index (χ0) is 16.3. The van der Waals surface area contributed by atoms with Crippen LogP contribution in [0, 0.1) is 5.92 Å². The first-order valence-corrected chi connectivity index (χ1v) is 8.32. The van der Waals surface area contributed by atoms with Gasteiger partial charge in [0.1, 0.15) is 12.2 Å². The smallest absolute Gasteiger partial charge is 0.221 e. The quantitative estimate of drug-likeness (QED) is 0.861. The summed E-state index contributed by atoms with van der Waals surface area (Å²) in [5.41, 5.74) is 0.881. The van der Waals surface area contributed by atoms with Gasteiger partial charge in [0.05, 0.1) is 5.54 Å². The number of carbonyl (C=O) groups excluding carboxylic acids is 1. The molecule has 122 valence electrons. The molecule has 1 saturated carbocycles. The maximum Gasteiger partial charge on any atom is 0.221 e. The van der Waals surface area contributed by atoms with Gasteiger partial charge in [-0.15, -0.1) is 0 Å². The summed E-state index contributed by atoms with van der Waals surface area (Å²) < 4.78 is 0. The second-order valence-corrected chi connectivity index (χ2v) is 6.78. The first-order valence-electron chi connectivity index (χ1n) is 8.32. The van der Waals surface area contributed by atoms with E-state index < -0.39 is 0 Å². The fourth-order valence-corrected chi connectivity index (χ4v) is 3.34. The molecular formula is C18H24N4O. The molecule has 5 heteroatoms. The summed E-state index contributed by atoms with van der Waals surface area (Å²) in [4.78, 5) is 16.9. The zero-order valence-electron chi connectivity index (χ0n) is 13.7. The van der Waals surface area contributed by atoms with Crippen LogP contribution in [0.2, 0.25) is 0 Å². The van der Waals surface area contributed by atoms with Crippen molar-refractivity contribution in [2.24, 2.45) is 5.92 Å². The first kappa shape index (κ1) is 15.7. The molecule has 0 unspecified atom stereocenters. The molecule has 1 aliphatic rings. The van der Waals surface area contributed by atoms with Crippen molar-refractivity contribution in [1.82, 2.24) is 20.5 Å². The Labute approximate surface area is 136 Å². The number of benzene rings is 1. The number of nitrogens with zero attached hydrogens (tertiary/aromatic N) is 2. The highest BCUT2D eigenvalue weighted by atomic mass is 16.1. The molecule has 1 atom stereocenters. The average molecular weight is 312 g/mol. The van der Waals surface area contributed by atoms with E-state index in [4.69, 9.17) is 0 Å². The third-order valence-corrected chi connectivity index (χ3v) is 4.89. The Morgan fingerprint density at radius 3 is 2.57 bits per heavy atom. The summed E-state index contributed by atoms with van der Waals surface area (Å²) in [6.45, 7) is 4.33. The molecule has 1 amide bonds. The fraction of sp³-hybridized carbons (Fsp3) is 0.500. The summed E-state index contributed by atoms with van der Waals surface area (Å²) in [5.74, 6) is 1.50. The molecule has 0 radical (unpaired) electrons. The predicted molar refractivity (Wildman–Crippen MR) is 88.7 cm³/mol. The van der Waals surface area contributed by atoms with Crippen LogP contribution in [-0.4, -0.2) is 21.1 Å². The van der Waals surface area contributed by atoms with Crippen LogP contribution in [0.25, 0.3) is 0 Å². The molecule has 1 aromatic carbocycles. The minimum Gasteiger partial charge on any atom is -0.343 e. The molecule has 1 fully saturated rings. The average Bonchev–Trinajstić information content (AvgIpc) is 3.03. The monoisotopic (exact) mass is 312 g/mol. The van der Waals surface area contributed by atoms with Crippen LogP contribution in [0.3, 0.4) is 0 Å². The van der Waals surface area contributed by atoms with Gasteiger partial charge in [-0.2, -0.15) is 5.10 Å². The summed E-state index contributed by atoms with van der Waals surface area (Å²) in [5, 5.41) is 10.1. The van der Waals surface area contributed by atoms with Crippen molar-refractivity contribution in [2.75, 3.05) is 0 Å². The normalized spacial score (nSPS) is 17.5. The van der Waals surface area contributed by atoms with E-state index in [9.17, 15) is 4.79 Å². The highest BCUT2D eigenvalue weighted by molar-refractivity contribution is 5.78. The topological polar surface area (TPSA) is 70.7 Å². The Kier molecular flexibility index (Phi) is 4.46. The lowest BCUT2D eigenvalue weighted by molar-refractivity contribution is -0.125. The highest BCUT2D eigenvalue weighted by Gasteiger charge is 2.42. The van der Waals surface area contributed by atoms with Crippen molar-refractivity contribution in [3.05, 3.63) is 48.0 Å². The molecule has 0 saturated heterocycles. The van der Waals surface area contributed by atoms with Crippen molar-refractivity contribution >= 4 is 5.91 Å². The Hall–Kier alpha value is -2.17. The third kappa shape index (κ3) is 3.28. The van der Waals surface area contributed by atoms with Gasteiger partial charge in [0.2, 0.25) is 5.91 Å². The number of hydrogen-bond donors (Lipinski definition) is 2. The summed E-state index contributed by atoms with van der Waals surface area (Å²) in [6.07, 6.45) is 4.95. The number of hydrogen-bond acceptors (Lipinski definition) is 3. The van der Waals surface area contributed by atoms with Crippen molar-refractivity contribution in [3.63, 3.8) is 0 Å². The lowest BCUT2D eigenvalue weighted by Crippen LogP contribution is -2.51. The second kappa shape index (κ2) is 6.52. The van der Waals surface area contributed by atoms with E-state index in [0.717, 1.165) is 25.1 Å². The molecule has 1 aromatic heterocycles. The number of aromatic nitrogens is 3. The van der Waals surface area contributed by atoms with Gasteiger partial charge in [0.15, 0.2) is 0 Å². The van der Waals surface area contributed by atoms with Gasteiger partial charge < -0.3 is 5.32 Å². The van der Waals surface area contributed by atoms with Crippen molar-refractivity contribution < 1.29 is 4.79 Å². The molecule has 5 nitrogen and oxygen atoms in total. The second-order valence-electron chi connectivity index (χ2n) is 6.78. The Morgan fingerprint density at radius 1 is 1.30 bits per heavy atom. The number of amides is 1. The Bertz CT molecular complexity index is 632. The number of nitrogens with one attached hydrogen (secondary N) is 2. The lowest BCUT2D eigenvalue weighted by atomic mass is 9.75. The Morgan fingerprint density at radius 2 is 2.04 bits per heavy atom. The van der Waals surface area contributed by atoms with Gasteiger partial charge in [-0.05, 0) is 36.7 Å². The van der Waals surface area contributed by atoms with Gasteiger partial charge in [0, 0.05) is 6.42 Å². The van der Waals surface area contributed by atoms with Crippen molar-refractivity contribution in [3.8, 4) is 0 Å². The predicted octanol–water partition coefficient (Wildman–Crippen LogP) is 3.13. The zero-order valence-corrected chi connectivity index (χ0v) is 13.7. The number of carbonyl (C=O) groups is 1. The summed E-state index contributed by atoms with van der Waals surface area (Å²) in [7, 11) is 0. The molecular weight excluding hydrogens is 288 g/mol. The first-order chi connectivity index (χ1) is 11.1. The van der Waals surface area contributed by atoms with Gasteiger partial charge in [-0.3, -0.25) is 9.89 Å². The summed E-state index contributed by atoms with van der Waals surface area (Å²) in [6, 6.07) is 10.3. The van der Waals surface area contributed by atoms with Crippen molar-refractivity contribution in [1.29, 1.82) is 0 Å². The van der Waals surface area contributed by atoms with Gasteiger partial charge in [-0.25, -0.2) is 4.98 Å². The molecule has 3 rings (SSSR count). The molecule has 1 aliphatic carbocycles. The molecule has 0 bridgehead atoms. The third-order valence-electron chi connectivity index (χ3n) is 4.89. The number of rotatable bonds is 6. The van der Waals surface area contributed by atoms with Crippen LogP contribution >= 0.6 is 0 Å². The molecule has 0 spiro atoms.